The number of hydrogen-bond donors (Lipinski definition) is 1. The molecule has 0 bridgehead atoms. The molecule has 106 valence electrons. The van der Waals surface area contributed by atoms with E-state index in [1.54, 1.807) is 0 Å². The Balaban J connectivity index is 2.07. The molecule has 1 fully saturated rings. The van der Waals surface area contributed by atoms with Crippen LogP contribution in [0, 0.1) is 0 Å². The van der Waals surface area contributed by atoms with Gasteiger partial charge in [-0.25, -0.2) is 0 Å². The summed E-state index contributed by atoms with van der Waals surface area (Å²) in [5.41, 5.74) is 1.23. The molecule has 1 aromatic rings. The maximum Gasteiger partial charge on any atom is 0.123 e. The van der Waals surface area contributed by atoms with E-state index in [4.69, 9.17) is 4.74 Å². The number of ether oxygens (including phenoxy) is 1. The van der Waals surface area contributed by atoms with Crippen molar-refractivity contribution in [3.05, 3.63) is 29.8 Å². The second kappa shape index (κ2) is 7.51. The van der Waals surface area contributed by atoms with Gasteiger partial charge in [0.25, 0.3) is 0 Å². The second-order valence-corrected chi connectivity index (χ2v) is 5.17. The summed E-state index contributed by atoms with van der Waals surface area (Å²) in [6, 6.07) is 8.86. The van der Waals surface area contributed by atoms with Gasteiger partial charge in [0.2, 0.25) is 0 Å². The molecule has 1 saturated carbocycles. The first-order valence-corrected chi connectivity index (χ1v) is 7.40. The molecule has 1 N–H and O–H groups in total. The van der Waals surface area contributed by atoms with Crippen molar-refractivity contribution in [1.82, 2.24) is 4.90 Å². The summed E-state index contributed by atoms with van der Waals surface area (Å²) in [6.07, 6.45) is 5.16. The Hall–Kier alpha value is -1.06. The van der Waals surface area contributed by atoms with Gasteiger partial charge >= 0.3 is 0 Å². The summed E-state index contributed by atoms with van der Waals surface area (Å²) in [7, 11) is 0. The molecule has 0 atom stereocenters. The maximum absolute atomic E-state index is 9.27. The predicted octanol–water partition coefficient (Wildman–Crippen LogP) is 2.82. The quantitative estimate of drug-likeness (QED) is 0.821. The molecule has 0 amide bonds. The third-order valence-electron chi connectivity index (χ3n) is 3.87. The lowest BCUT2D eigenvalue weighted by atomic mass is 10.1. The summed E-state index contributed by atoms with van der Waals surface area (Å²) in [6.45, 7) is 4.57. The van der Waals surface area contributed by atoms with Crippen molar-refractivity contribution < 1.29 is 9.84 Å². The fourth-order valence-electron chi connectivity index (χ4n) is 2.94. The number of hydrogen-bond acceptors (Lipinski definition) is 3. The number of benzene rings is 1. The Bertz CT molecular complexity index is 375. The predicted molar refractivity (Wildman–Crippen MR) is 77.4 cm³/mol. The van der Waals surface area contributed by atoms with Crippen molar-refractivity contribution in [2.45, 2.75) is 45.2 Å². The van der Waals surface area contributed by atoms with Gasteiger partial charge in [-0.3, -0.25) is 4.90 Å². The lowest BCUT2D eigenvalue weighted by Crippen LogP contribution is -2.35. The van der Waals surface area contributed by atoms with E-state index in [9.17, 15) is 5.11 Å². The summed E-state index contributed by atoms with van der Waals surface area (Å²) in [5.74, 6) is 0.978. The van der Waals surface area contributed by atoms with Crippen LogP contribution in [-0.4, -0.2) is 35.8 Å². The van der Waals surface area contributed by atoms with E-state index < -0.39 is 0 Å². The van der Waals surface area contributed by atoms with E-state index in [1.807, 2.05) is 19.1 Å². The summed E-state index contributed by atoms with van der Waals surface area (Å²) >= 11 is 0. The third kappa shape index (κ3) is 3.95. The topological polar surface area (TPSA) is 32.7 Å². The smallest absolute Gasteiger partial charge is 0.123 e. The lowest BCUT2D eigenvalue weighted by molar-refractivity contribution is 0.143. The minimum Gasteiger partial charge on any atom is -0.494 e. The van der Waals surface area contributed by atoms with Gasteiger partial charge in [0.05, 0.1) is 13.2 Å². The van der Waals surface area contributed by atoms with Gasteiger partial charge < -0.3 is 9.84 Å². The molecule has 19 heavy (non-hydrogen) atoms. The first kappa shape index (κ1) is 14.4. The van der Waals surface area contributed by atoms with Crippen molar-refractivity contribution in [3.8, 4) is 5.75 Å². The van der Waals surface area contributed by atoms with Gasteiger partial charge in [-0.15, -0.1) is 0 Å². The number of para-hydroxylation sites is 1. The minimum absolute atomic E-state index is 0.229. The van der Waals surface area contributed by atoms with Crippen LogP contribution >= 0.6 is 0 Å². The number of aliphatic hydroxyl groups excluding tert-OH is 1. The summed E-state index contributed by atoms with van der Waals surface area (Å²) in [5, 5.41) is 9.27. The van der Waals surface area contributed by atoms with Crippen LogP contribution in [0.25, 0.3) is 0 Å². The molecule has 3 heteroatoms. The van der Waals surface area contributed by atoms with E-state index in [2.05, 4.69) is 17.0 Å². The Morgan fingerprint density at radius 2 is 2.00 bits per heavy atom. The van der Waals surface area contributed by atoms with Crippen molar-refractivity contribution >= 4 is 0 Å². The largest absolute Gasteiger partial charge is 0.494 e. The molecular weight excluding hydrogens is 238 g/mol. The zero-order valence-corrected chi connectivity index (χ0v) is 11.8. The molecular formula is C16H25NO2. The van der Waals surface area contributed by atoms with Crippen LogP contribution in [0.15, 0.2) is 24.3 Å². The van der Waals surface area contributed by atoms with Crippen molar-refractivity contribution in [3.63, 3.8) is 0 Å². The normalized spacial score (nSPS) is 16.2. The van der Waals surface area contributed by atoms with Gasteiger partial charge in [-0.1, -0.05) is 31.0 Å². The third-order valence-corrected chi connectivity index (χ3v) is 3.87. The maximum atomic E-state index is 9.27. The highest BCUT2D eigenvalue weighted by Gasteiger charge is 2.22. The molecule has 0 saturated heterocycles. The molecule has 0 spiro atoms. The standard InChI is InChI=1S/C16H25NO2/c1-2-19-16-10-6-3-7-14(16)13-17(11-12-18)15-8-4-5-9-15/h3,6-7,10,15,18H,2,4-5,8-9,11-13H2,1H3. The molecule has 0 aromatic heterocycles. The van der Waals surface area contributed by atoms with Crippen LogP contribution in [0.2, 0.25) is 0 Å². The number of nitrogens with zero attached hydrogens (tertiary/aromatic N) is 1. The molecule has 1 aliphatic rings. The fourth-order valence-corrected chi connectivity index (χ4v) is 2.94. The Morgan fingerprint density at radius 1 is 1.26 bits per heavy atom. The van der Waals surface area contributed by atoms with E-state index in [-0.39, 0.29) is 6.61 Å². The average Bonchev–Trinajstić information content (AvgIpc) is 2.94. The number of rotatable bonds is 7. The lowest BCUT2D eigenvalue weighted by Gasteiger charge is -2.28. The Kier molecular flexibility index (Phi) is 5.67. The highest BCUT2D eigenvalue weighted by Crippen LogP contribution is 2.27. The van der Waals surface area contributed by atoms with Crippen LogP contribution in [0.5, 0.6) is 5.75 Å². The molecule has 3 nitrogen and oxygen atoms in total. The first-order valence-electron chi connectivity index (χ1n) is 7.40. The SMILES string of the molecule is CCOc1ccccc1CN(CCO)C1CCCC1. The van der Waals surface area contributed by atoms with Crippen molar-refractivity contribution in [2.24, 2.45) is 0 Å². The van der Waals surface area contributed by atoms with Gasteiger partial charge in [-0.05, 0) is 25.8 Å². The van der Waals surface area contributed by atoms with Crippen molar-refractivity contribution in [1.29, 1.82) is 0 Å². The monoisotopic (exact) mass is 263 g/mol. The molecule has 0 aliphatic heterocycles. The fraction of sp³-hybridized carbons (Fsp3) is 0.625. The molecule has 1 aliphatic carbocycles. The summed E-state index contributed by atoms with van der Waals surface area (Å²) < 4.78 is 5.69. The molecule has 0 radical (unpaired) electrons. The molecule has 0 unspecified atom stereocenters. The van der Waals surface area contributed by atoms with E-state index >= 15 is 0 Å². The molecule has 1 aromatic carbocycles. The van der Waals surface area contributed by atoms with Crippen LogP contribution in [-0.2, 0) is 6.54 Å². The van der Waals surface area contributed by atoms with Gasteiger partial charge in [0.15, 0.2) is 0 Å². The van der Waals surface area contributed by atoms with E-state index in [0.717, 1.165) is 18.8 Å². The van der Waals surface area contributed by atoms with Crippen LogP contribution in [0.3, 0.4) is 0 Å². The molecule has 2 rings (SSSR count). The highest BCUT2D eigenvalue weighted by molar-refractivity contribution is 5.33. The zero-order chi connectivity index (χ0) is 13.5. The van der Waals surface area contributed by atoms with Gasteiger partial charge in [0, 0.05) is 24.7 Å². The van der Waals surface area contributed by atoms with Crippen LogP contribution in [0.4, 0.5) is 0 Å². The summed E-state index contributed by atoms with van der Waals surface area (Å²) in [4.78, 5) is 2.41. The van der Waals surface area contributed by atoms with Crippen LogP contribution in [0.1, 0.15) is 38.2 Å². The number of aliphatic hydroxyl groups is 1. The van der Waals surface area contributed by atoms with Crippen molar-refractivity contribution in [2.75, 3.05) is 19.8 Å². The van der Waals surface area contributed by atoms with E-state index in [0.29, 0.717) is 12.6 Å². The Labute approximate surface area is 116 Å². The van der Waals surface area contributed by atoms with Gasteiger partial charge in [0.1, 0.15) is 5.75 Å². The van der Waals surface area contributed by atoms with Crippen LogP contribution < -0.4 is 4.74 Å². The van der Waals surface area contributed by atoms with Gasteiger partial charge in [-0.2, -0.15) is 0 Å². The second-order valence-electron chi connectivity index (χ2n) is 5.17. The van der Waals surface area contributed by atoms with E-state index in [1.165, 1.54) is 31.2 Å². The minimum atomic E-state index is 0.229. The Morgan fingerprint density at radius 3 is 2.68 bits per heavy atom. The molecule has 0 heterocycles. The average molecular weight is 263 g/mol. The highest BCUT2D eigenvalue weighted by atomic mass is 16.5. The first-order chi connectivity index (χ1) is 9.35. The zero-order valence-electron chi connectivity index (χ0n) is 11.8.